The van der Waals surface area contributed by atoms with Crippen molar-refractivity contribution in [2.45, 2.75) is 31.2 Å². The number of nitrogens with zero attached hydrogens (tertiary/aromatic N) is 1. The van der Waals surface area contributed by atoms with E-state index in [2.05, 4.69) is 0 Å². The summed E-state index contributed by atoms with van der Waals surface area (Å²) >= 11 is 0. The van der Waals surface area contributed by atoms with E-state index >= 15 is 0 Å². The molecule has 0 heterocycles. The molecule has 1 aromatic carbocycles. The molecule has 1 aromatic rings. The minimum Gasteiger partial charge on any atom is -0.480 e. The predicted octanol–water partition coefficient (Wildman–Crippen LogP) is 1.20. The Kier molecular flexibility index (Phi) is 5.11. The lowest BCUT2D eigenvalue weighted by Crippen LogP contribution is -2.40. The monoisotopic (exact) mass is 313 g/mol. The zero-order valence-electron chi connectivity index (χ0n) is 12.5. The third kappa shape index (κ3) is 3.81. The third-order valence-electron chi connectivity index (χ3n) is 3.35. The summed E-state index contributed by atoms with van der Waals surface area (Å²) in [6, 6.07) is 3.41. The first-order chi connectivity index (χ1) is 9.59. The average Bonchev–Trinajstić information content (AvgIpc) is 2.43. The number of carbonyl (C=O) groups is 2. The number of amides is 1. The maximum Gasteiger partial charge on any atom is 0.326 e. The van der Waals surface area contributed by atoms with Crippen LogP contribution in [0.25, 0.3) is 0 Å². The summed E-state index contributed by atoms with van der Waals surface area (Å²) in [5.41, 5.74) is 0.784. The molecule has 0 aliphatic carbocycles. The molecule has 1 unspecified atom stereocenters. The van der Waals surface area contributed by atoms with Crippen molar-refractivity contribution in [2.75, 3.05) is 13.3 Å². The van der Waals surface area contributed by atoms with Gasteiger partial charge in [-0.25, -0.2) is 13.2 Å². The van der Waals surface area contributed by atoms with Crippen molar-refractivity contribution >= 4 is 21.7 Å². The largest absolute Gasteiger partial charge is 0.480 e. The molecule has 1 N–H and O–H groups in total. The van der Waals surface area contributed by atoms with E-state index in [9.17, 15) is 18.0 Å². The van der Waals surface area contributed by atoms with E-state index in [1.54, 1.807) is 6.07 Å². The molecule has 6 nitrogen and oxygen atoms in total. The van der Waals surface area contributed by atoms with Crippen LogP contribution in [0.3, 0.4) is 0 Å². The number of hydrogen-bond donors (Lipinski definition) is 1. The number of likely N-dealkylation sites (N-methyl/N-ethyl adjacent to an activating group) is 1. The molecule has 0 saturated carbocycles. The number of rotatable bonds is 5. The molecule has 1 atom stereocenters. The van der Waals surface area contributed by atoms with Gasteiger partial charge in [0.1, 0.15) is 6.04 Å². The van der Waals surface area contributed by atoms with Crippen LogP contribution in [-0.4, -0.2) is 49.6 Å². The second kappa shape index (κ2) is 6.26. The molecule has 21 heavy (non-hydrogen) atoms. The maximum absolute atomic E-state index is 12.2. The Labute approximate surface area is 124 Å². The zero-order valence-corrected chi connectivity index (χ0v) is 13.3. The fraction of sp³-hybridized carbons (Fsp3) is 0.429. The van der Waals surface area contributed by atoms with Gasteiger partial charge in [0.2, 0.25) is 0 Å². The smallest absolute Gasteiger partial charge is 0.326 e. The van der Waals surface area contributed by atoms with Gasteiger partial charge in [-0.05, 0) is 31.0 Å². The van der Waals surface area contributed by atoms with Gasteiger partial charge < -0.3 is 10.0 Å². The molecule has 0 spiro atoms. The Morgan fingerprint density at radius 3 is 2.33 bits per heavy atom. The number of aryl methyl sites for hydroxylation is 1. The highest BCUT2D eigenvalue weighted by molar-refractivity contribution is 7.90. The summed E-state index contributed by atoms with van der Waals surface area (Å²) in [6.07, 6.45) is 1.61. The van der Waals surface area contributed by atoms with Crippen molar-refractivity contribution in [1.29, 1.82) is 0 Å². The van der Waals surface area contributed by atoms with Crippen LogP contribution >= 0.6 is 0 Å². The molecule has 0 radical (unpaired) electrons. The molecule has 0 bridgehead atoms. The van der Waals surface area contributed by atoms with Crippen molar-refractivity contribution in [3.05, 3.63) is 29.3 Å². The second-order valence-corrected chi connectivity index (χ2v) is 6.86. The second-order valence-electron chi connectivity index (χ2n) is 4.88. The van der Waals surface area contributed by atoms with E-state index in [1.807, 2.05) is 6.92 Å². The van der Waals surface area contributed by atoms with Gasteiger partial charge in [0.25, 0.3) is 5.91 Å². The SMILES string of the molecule is CCc1ccc(C(=O)N(C)C(C)C(=O)O)cc1S(C)(=O)=O. The summed E-state index contributed by atoms with van der Waals surface area (Å²) in [7, 11) is -2.08. The van der Waals surface area contributed by atoms with Gasteiger partial charge in [0, 0.05) is 18.9 Å². The standard InChI is InChI=1S/C14H19NO5S/c1-5-10-6-7-11(8-12(10)21(4,19)20)13(16)15(3)9(2)14(17)18/h6-9H,5H2,1-4H3,(H,17,18). The van der Waals surface area contributed by atoms with Crippen LogP contribution in [-0.2, 0) is 21.1 Å². The number of carboxylic acids is 1. The summed E-state index contributed by atoms with van der Waals surface area (Å²) in [5.74, 6) is -1.66. The predicted molar refractivity (Wildman–Crippen MR) is 78.1 cm³/mol. The van der Waals surface area contributed by atoms with Crippen molar-refractivity contribution in [3.8, 4) is 0 Å². The highest BCUT2D eigenvalue weighted by Gasteiger charge is 2.24. The summed E-state index contributed by atoms with van der Waals surface area (Å²) in [6.45, 7) is 3.21. The first-order valence-corrected chi connectivity index (χ1v) is 8.31. The third-order valence-corrected chi connectivity index (χ3v) is 4.53. The minimum absolute atomic E-state index is 0.104. The van der Waals surface area contributed by atoms with Crippen LogP contribution in [0.2, 0.25) is 0 Å². The summed E-state index contributed by atoms with van der Waals surface area (Å²) in [4.78, 5) is 24.3. The quantitative estimate of drug-likeness (QED) is 0.882. The number of hydrogen-bond acceptors (Lipinski definition) is 4. The molecule has 0 fully saturated rings. The molecule has 0 aliphatic rings. The average molecular weight is 313 g/mol. The van der Waals surface area contributed by atoms with Crippen LogP contribution in [0.5, 0.6) is 0 Å². The fourth-order valence-corrected chi connectivity index (χ4v) is 2.90. The van der Waals surface area contributed by atoms with E-state index in [4.69, 9.17) is 5.11 Å². The van der Waals surface area contributed by atoms with Gasteiger partial charge >= 0.3 is 5.97 Å². The Morgan fingerprint density at radius 2 is 1.90 bits per heavy atom. The summed E-state index contributed by atoms with van der Waals surface area (Å²) in [5, 5.41) is 8.92. The van der Waals surface area contributed by atoms with Crippen molar-refractivity contribution in [1.82, 2.24) is 4.90 Å². The minimum atomic E-state index is -3.45. The zero-order chi connectivity index (χ0) is 16.4. The summed E-state index contributed by atoms with van der Waals surface area (Å²) < 4.78 is 23.6. The van der Waals surface area contributed by atoms with Crippen molar-refractivity contribution in [2.24, 2.45) is 0 Å². The van der Waals surface area contributed by atoms with Gasteiger partial charge in [-0.15, -0.1) is 0 Å². The van der Waals surface area contributed by atoms with Crippen LogP contribution < -0.4 is 0 Å². The van der Waals surface area contributed by atoms with Crippen LogP contribution in [0.15, 0.2) is 23.1 Å². The lowest BCUT2D eigenvalue weighted by molar-refractivity contribution is -0.141. The normalized spacial score (nSPS) is 12.8. The lowest BCUT2D eigenvalue weighted by Gasteiger charge is -2.22. The molecule has 1 amide bonds. The van der Waals surface area contributed by atoms with Gasteiger partial charge in [-0.2, -0.15) is 0 Å². The maximum atomic E-state index is 12.2. The lowest BCUT2D eigenvalue weighted by atomic mass is 10.1. The highest BCUT2D eigenvalue weighted by atomic mass is 32.2. The number of sulfone groups is 1. The Bertz CT molecular complexity index is 666. The molecule has 1 rings (SSSR count). The highest BCUT2D eigenvalue weighted by Crippen LogP contribution is 2.20. The van der Waals surface area contributed by atoms with E-state index in [0.29, 0.717) is 12.0 Å². The van der Waals surface area contributed by atoms with E-state index in [-0.39, 0.29) is 10.5 Å². The first kappa shape index (κ1) is 17.2. The molecular formula is C14H19NO5S. The Balaban J connectivity index is 3.27. The molecule has 116 valence electrons. The fourth-order valence-electron chi connectivity index (χ4n) is 1.87. The van der Waals surface area contributed by atoms with E-state index in [0.717, 1.165) is 11.2 Å². The number of carbonyl (C=O) groups excluding carboxylic acids is 1. The van der Waals surface area contributed by atoms with Crippen molar-refractivity contribution in [3.63, 3.8) is 0 Å². The topological polar surface area (TPSA) is 91.8 Å². The van der Waals surface area contributed by atoms with Gasteiger partial charge in [0.05, 0.1) is 4.90 Å². The van der Waals surface area contributed by atoms with Crippen molar-refractivity contribution < 1.29 is 23.1 Å². The molecule has 0 saturated heterocycles. The van der Waals surface area contributed by atoms with E-state index < -0.39 is 27.8 Å². The van der Waals surface area contributed by atoms with E-state index in [1.165, 1.54) is 26.1 Å². The molecule has 0 aliphatic heterocycles. The Hall–Kier alpha value is -1.89. The number of aliphatic carboxylic acids is 1. The Morgan fingerprint density at radius 1 is 1.33 bits per heavy atom. The van der Waals surface area contributed by atoms with Gasteiger partial charge in [-0.3, -0.25) is 4.79 Å². The van der Waals surface area contributed by atoms with Gasteiger partial charge in [0.15, 0.2) is 9.84 Å². The van der Waals surface area contributed by atoms with Crippen LogP contribution in [0.1, 0.15) is 29.8 Å². The van der Waals surface area contributed by atoms with Crippen LogP contribution in [0, 0.1) is 0 Å². The number of benzene rings is 1. The van der Waals surface area contributed by atoms with Crippen LogP contribution in [0.4, 0.5) is 0 Å². The molecular weight excluding hydrogens is 294 g/mol. The molecule has 0 aromatic heterocycles. The molecule has 7 heteroatoms. The first-order valence-electron chi connectivity index (χ1n) is 6.42. The van der Waals surface area contributed by atoms with Gasteiger partial charge in [-0.1, -0.05) is 13.0 Å². The number of carboxylic acid groups (broad SMARTS) is 1.